The third-order valence-electron chi connectivity index (χ3n) is 5.07. The molecule has 0 bridgehead atoms. The van der Waals surface area contributed by atoms with Crippen molar-refractivity contribution in [3.8, 4) is 0 Å². The number of rotatable bonds is 6. The van der Waals surface area contributed by atoms with Crippen LogP contribution in [0.15, 0.2) is 60.7 Å². The first-order chi connectivity index (χ1) is 11.3. The van der Waals surface area contributed by atoms with E-state index < -0.39 is 0 Å². The van der Waals surface area contributed by atoms with Crippen molar-refractivity contribution in [2.75, 3.05) is 19.6 Å². The quantitative estimate of drug-likeness (QED) is 0.693. The molecule has 1 aliphatic heterocycles. The van der Waals surface area contributed by atoms with Crippen LogP contribution in [-0.2, 0) is 12.8 Å². The summed E-state index contributed by atoms with van der Waals surface area (Å²) in [6.45, 7) is 6.18. The van der Waals surface area contributed by atoms with E-state index in [1.807, 2.05) is 0 Å². The Morgan fingerprint density at radius 1 is 0.875 bits per heavy atom. The molecule has 24 heavy (non-hydrogen) atoms. The molecule has 1 saturated heterocycles. The average molecular weight is 344 g/mol. The lowest BCUT2D eigenvalue weighted by Crippen LogP contribution is -2.37. The Morgan fingerprint density at radius 2 is 1.42 bits per heavy atom. The van der Waals surface area contributed by atoms with Gasteiger partial charge in [0.15, 0.2) is 0 Å². The zero-order chi connectivity index (χ0) is 15.9. The molecular formula is C22H30ClN. The largest absolute Gasteiger partial charge is 0.303 e. The van der Waals surface area contributed by atoms with Gasteiger partial charge in [0.05, 0.1) is 0 Å². The summed E-state index contributed by atoms with van der Waals surface area (Å²) < 4.78 is 0. The second-order valence-electron chi connectivity index (χ2n) is 7.23. The van der Waals surface area contributed by atoms with E-state index in [1.165, 1.54) is 56.4 Å². The van der Waals surface area contributed by atoms with E-state index in [2.05, 4.69) is 72.5 Å². The molecule has 0 radical (unpaired) electrons. The van der Waals surface area contributed by atoms with Crippen LogP contribution in [-0.4, -0.2) is 24.5 Å². The summed E-state index contributed by atoms with van der Waals surface area (Å²) in [6, 6.07) is 21.9. The molecule has 3 rings (SSSR count). The van der Waals surface area contributed by atoms with Crippen LogP contribution in [0.5, 0.6) is 0 Å². The van der Waals surface area contributed by atoms with Crippen LogP contribution in [0, 0.1) is 11.8 Å². The maximum Gasteiger partial charge on any atom is 0.00102 e. The zero-order valence-electron chi connectivity index (χ0n) is 14.7. The number of halogens is 1. The number of hydrogen-bond donors (Lipinski definition) is 0. The molecule has 0 aliphatic carbocycles. The Balaban J connectivity index is 0.00000208. The zero-order valence-corrected chi connectivity index (χ0v) is 15.5. The maximum atomic E-state index is 2.68. The van der Waals surface area contributed by atoms with Crippen LogP contribution in [0.3, 0.4) is 0 Å². The topological polar surface area (TPSA) is 3.24 Å². The summed E-state index contributed by atoms with van der Waals surface area (Å²) in [4.78, 5) is 2.68. The molecular weight excluding hydrogens is 314 g/mol. The van der Waals surface area contributed by atoms with Crippen LogP contribution >= 0.6 is 12.4 Å². The predicted molar refractivity (Wildman–Crippen MR) is 106 cm³/mol. The van der Waals surface area contributed by atoms with E-state index in [0.717, 1.165) is 11.8 Å². The molecule has 0 amide bonds. The molecule has 0 aromatic heterocycles. The lowest BCUT2D eigenvalue weighted by molar-refractivity contribution is 0.163. The number of benzene rings is 2. The Kier molecular flexibility index (Phi) is 7.81. The molecule has 1 heterocycles. The van der Waals surface area contributed by atoms with Crippen molar-refractivity contribution in [2.24, 2.45) is 11.8 Å². The van der Waals surface area contributed by atoms with Crippen LogP contribution in [0.4, 0.5) is 0 Å². The molecule has 1 fully saturated rings. The van der Waals surface area contributed by atoms with Gasteiger partial charge < -0.3 is 4.90 Å². The summed E-state index contributed by atoms with van der Waals surface area (Å²) in [7, 11) is 0. The monoisotopic (exact) mass is 343 g/mol. The first kappa shape index (κ1) is 19.0. The highest BCUT2D eigenvalue weighted by atomic mass is 35.5. The van der Waals surface area contributed by atoms with Crippen molar-refractivity contribution in [3.05, 3.63) is 71.8 Å². The van der Waals surface area contributed by atoms with Gasteiger partial charge in [0.1, 0.15) is 0 Å². The predicted octanol–water partition coefficient (Wildman–Crippen LogP) is 5.24. The molecule has 2 heteroatoms. The van der Waals surface area contributed by atoms with Gasteiger partial charge in [-0.1, -0.05) is 67.6 Å². The van der Waals surface area contributed by atoms with Crippen molar-refractivity contribution in [3.63, 3.8) is 0 Å². The SMILES string of the molecule is CC(Cc1ccccc1)CN1CCC(Cc2ccccc2)CC1.Cl. The normalized spacial score (nSPS) is 17.2. The summed E-state index contributed by atoms with van der Waals surface area (Å²) >= 11 is 0. The second kappa shape index (κ2) is 9.86. The smallest absolute Gasteiger partial charge is 0.00102 e. The molecule has 0 spiro atoms. The highest BCUT2D eigenvalue weighted by Crippen LogP contribution is 2.22. The molecule has 0 saturated carbocycles. The average Bonchev–Trinajstić information content (AvgIpc) is 2.58. The third-order valence-corrected chi connectivity index (χ3v) is 5.07. The number of nitrogens with zero attached hydrogens (tertiary/aromatic N) is 1. The van der Waals surface area contributed by atoms with E-state index in [-0.39, 0.29) is 12.4 Å². The van der Waals surface area contributed by atoms with Crippen molar-refractivity contribution < 1.29 is 0 Å². The Hall–Kier alpha value is -1.31. The van der Waals surface area contributed by atoms with Gasteiger partial charge >= 0.3 is 0 Å². The van der Waals surface area contributed by atoms with Crippen LogP contribution in [0.2, 0.25) is 0 Å². The summed E-state index contributed by atoms with van der Waals surface area (Å²) in [5.41, 5.74) is 2.97. The van der Waals surface area contributed by atoms with Crippen molar-refractivity contribution in [1.82, 2.24) is 4.90 Å². The molecule has 0 N–H and O–H groups in total. The highest BCUT2D eigenvalue weighted by Gasteiger charge is 2.20. The van der Waals surface area contributed by atoms with Gasteiger partial charge in [-0.05, 0) is 61.7 Å². The number of piperidine rings is 1. The number of likely N-dealkylation sites (tertiary alicyclic amines) is 1. The molecule has 1 nitrogen and oxygen atoms in total. The minimum absolute atomic E-state index is 0. The summed E-state index contributed by atoms with van der Waals surface area (Å²) in [5.74, 6) is 1.61. The maximum absolute atomic E-state index is 2.68. The first-order valence-corrected chi connectivity index (χ1v) is 9.10. The Morgan fingerprint density at radius 3 is 2.00 bits per heavy atom. The van der Waals surface area contributed by atoms with Gasteiger partial charge in [0, 0.05) is 6.54 Å². The van der Waals surface area contributed by atoms with Crippen molar-refractivity contribution in [1.29, 1.82) is 0 Å². The minimum atomic E-state index is 0. The van der Waals surface area contributed by atoms with E-state index in [1.54, 1.807) is 0 Å². The minimum Gasteiger partial charge on any atom is -0.303 e. The molecule has 1 aliphatic rings. The molecule has 2 aromatic carbocycles. The van der Waals surface area contributed by atoms with Crippen LogP contribution in [0.25, 0.3) is 0 Å². The van der Waals surface area contributed by atoms with Gasteiger partial charge in [0.25, 0.3) is 0 Å². The molecule has 1 atom stereocenters. The van der Waals surface area contributed by atoms with Crippen molar-refractivity contribution >= 4 is 12.4 Å². The van der Waals surface area contributed by atoms with E-state index >= 15 is 0 Å². The standard InChI is InChI=1S/C22H29N.ClH/c1-19(16-20-8-4-2-5-9-20)18-23-14-12-22(13-15-23)17-21-10-6-3-7-11-21;/h2-11,19,22H,12-18H2,1H3;1H. The van der Waals surface area contributed by atoms with Gasteiger partial charge in [-0.2, -0.15) is 0 Å². The lowest BCUT2D eigenvalue weighted by Gasteiger charge is -2.33. The third kappa shape index (κ3) is 5.96. The molecule has 1 unspecified atom stereocenters. The fourth-order valence-corrected chi connectivity index (χ4v) is 3.84. The first-order valence-electron chi connectivity index (χ1n) is 9.10. The van der Waals surface area contributed by atoms with E-state index in [9.17, 15) is 0 Å². The second-order valence-corrected chi connectivity index (χ2v) is 7.23. The van der Waals surface area contributed by atoms with E-state index in [0.29, 0.717) is 0 Å². The fraction of sp³-hybridized carbons (Fsp3) is 0.455. The summed E-state index contributed by atoms with van der Waals surface area (Å²) in [6.07, 6.45) is 5.17. The van der Waals surface area contributed by atoms with Gasteiger partial charge in [-0.25, -0.2) is 0 Å². The highest BCUT2D eigenvalue weighted by molar-refractivity contribution is 5.85. The van der Waals surface area contributed by atoms with Gasteiger partial charge in [-0.15, -0.1) is 12.4 Å². The molecule has 2 aromatic rings. The lowest BCUT2D eigenvalue weighted by atomic mass is 9.89. The van der Waals surface area contributed by atoms with E-state index in [4.69, 9.17) is 0 Å². The Labute approximate surface area is 153 Å². The fourth-order valence-electron chi connectivity index (χ4n) is 3.84. The number of hydrogen-bond acceptors (Lipinski definition) is 1. The van der Waals surface area contributed by atoms with Gasteiger partial charge in [-0.3, -0.25) is 0 Å². The van der Waals surface area contributed by atoms with Crippen molar-refractivity contribution in [2.45, 2.75) is 32.6 Å². The Bertz CT molecular complexity index is 561. The molecule has 130 valence electrons. The summed E-state index contributed by atoms with van der Waals surface area (Å²) in [5, 5.41) is 0. The van der Waals surface area contributed by atoms with Crippen LogP contribution < -0.4 is 0 Å². The van der Waals surface area contributed by atoms with Crippen LogP contribution in [0.1, 0.15) is 30.9 Å². The van der Waals surface area contributed by atoms with Gasteiger partial charge in [0.2, 0.25) is 0 Å².